The van der Waals surface area contributed by atoms with Crippen LogP contribution in [0.15, 0.2) is 63.5 Å². The molecule has 1 heterocycles. The van der Waals surface area contributed by atoms with Gasteiger partial charge in [-0.15, -0.1) is 0 Å². The fourth-order valence-electron chi connectivity index (χ4n) is 2.48. The van der Waals surface area contributed by atoms with Crippen molar-refractivity contribution < 1.29 is 4.42 Å². The average Bonchev–Trinajstić information content (AvgIpc) is 2.76. The van der Waals surface area contributed by atoms with Crippen LogP contribution < -0.4 is 0 Å². The molecule has 0 unspecified atom stereocenters. The molecule has 0 amide bonds. The third kappa shape index (κ3) is 1.33. The van der Waals surface area contributed by atoms with E-state index in [1.54, 1.807) is 0 Å². The first-order valence-corrected chi connectivity index (χ1v) is 6.62. The Kier molecular flexibility index (Phi) is 2.03. The SMILES string of the molecule is Brc1ccc2c(c1)oc1c3ccccc3ccc21. The van der Waals surface area contributed by atoms with E-state index in [4.69, 9.17) is 4.42 Å². The number of furan rings is 1. The number of rotatable bonds is 0. The maximum absolute atomic E-state index is 6.02. The summed E-state index contributed by atoms with van der Waals surface area (Å²) in [6.45, 7) is 0. The Morgan fingerprint density at radius 2 is 1.61 bits per heavy atom. The molecule has 3 aromatic carbocycles. The van der Waals surface area contributed by atoms with Gasteiger partial charge in [-0.05, 0) is 29.7 Å². The van der Waals surface area contributed by atoms with Gasteiger partial charge in [0.25, 0.3) is 0 Å². The van der Waals surface area contributed by atoms with E-state index in [-0.39, 0.29) is 0 Å². The third-order valence-electron chi connectivity index (χ3n) is 3.33. The summed E-state index contributed by atoms with van der Waals surface area (Å²) in [7, 11) is 0. The monoisotopic (exact) mass is 296 g/mol. The molecule has 1 aromatic heterocycles. The van der Waals surface area contributed by atoms with Gasteiger partial charge in [0.1, 0.15) is 11.2 Å². The number of halogens is 1. The lowest BCUT2D eigenvalue weighted by atomic mass is 10.1. The van der Waals surface area contributed by atoms with Crippen LogP contribution in [0, 0.1) is 0 Å². The Morgan fingerprint density at radius 1 is 0.778 bits per heavy atom. The zero-order valence-electron chi connectivity index (χ0n) is 9.48. The predicted octanol–water partition coefficient (Wildman–Crippen LogP) is 5.50. The highest BCUT2D eigenvalue weighted by Crippen LogP contribution is 2.34. The fourth-order valence-corrected chi connectivity index (χ4v) is 2.82. The van der Waals surface area contributed by atoms with E-state index < -0.39 is 0 Å². The highest BCUT2D eigenvalue weighted by molar-refractivity contribution is 9.10. The van der Waals surface area contributed by atoms with Gasteiger partial charge in [0.2, 0.25) is 0 Å². The number of hydrogen-bond acceptors (Lipinski definition) is 1. The third-order valence-corrected chi connectivity index (χ3v) is 3.82. The van der Waals surface area contributed by atoms with Crippen molar-refractivity contribution in [3.05, 3.63) is 59.1 Å². The lowest BCUT2D eigenvalue weighted by Crippen LogP contribution is -1.72. The number of benzene rings is 3. The maximum atomic E-state index is 6.02. The first-order valence-electron chi connectivity index (χ1n) is 5.82. The van der Waals surface area contributed by atoms with E-state index in [1.807, 2.05) is 24.3 Å². The van der Waals surface area contributed by atoms with Crippen LogP contribution in [0.4, 0.5) is 0 Å². The molecule has 1 nitrogen and oxygen atoms in total. The van der Waals surface area contributed by atoms with Crippen LogP contribution in [0.3, 0.4) is 0 Å². The summed E-state index contributed by atoms with van der Waals surface area (Å²) in [6, 6.07) is 18.8. The Balaban J connectivity index is 2.29. The molecule has 0 spiro atoms. The van der Waals surface area contributed by atoms with Crippen LogP contribution in [0.2, 0.25) is 0 Å². The summed E-state index contributed by atoms with van der Waals surface area (Å²) < 4.78 is 7.06. The molecule has 0 N–H and O–H groups in total. The van der Waals surface area contributed by atoms with Crippen molar-refractivity contribution in [1.82, 2.24) is 0 Å². The van der Waals surface area contributed by atoms with Gasteiger partial charge in [-0.2, -0.15) is 0 Å². The quantitative estimate of drug-likeness (QED) is 0.417. The summed E-state index contributed by atoms with van der Waals surface area (Å²) in [5.41, 5.74) is 1.90. The molecule has 0 atom stereocenters. The van der Waals surface area contributed by atoms with Crippen LogP contribution >= 0.6 is 15.9 Å². The maximum Gasteiger partial charge on any atom is 0.143 e. The molecule has 4 rings (SSSR count). The molecule has 18 heavy (non-hydrogen) atoms. The molecule has 0 saturated carbocycles. The van der Waals surface area contributed by atoms with Gasteiger partial charge in [-0.3, -0.25) is 0 Å². The molecule has 0 aliphatic rings. The number of hydrogen-bond donors (Lipinski definition) is 0. The standard InChI is InChI=1S/C16H9BrO/c17-11-6-8-13-14-7-5-10-3-1-2-4-12(10)16(14)18-15(13)9-11/h1-9H. The van der Waals surface area contributed by atoms with Crippen LogP contribution in [0.1, 0.15) is 0 Å². The van der Waals surface area contributed by atoms with Crippen molar-refractivity contribution in [2.45, 2.75) is 0 Å². The van der Waals surface area contributed by atoms with Crippen LogP contribution in [0.25, 0.3) is 32.7 Å². The second-order valence-corrected chi connectivity index (χ2v) is 5.32. The van der Waals surface area contributed by atoms with E-state index >= 15 is 0 Å². The molecule has 0 aliphatic heterocycles. The molecule has 4 aromatic rings. The van der Waals surface area contributed by atoms with Crippen molar-refractivity contribution in [1.29, 1.82) is 0 Å². The van der Waals surface area contributed by atoms with Gasteiger partial charge >= 0.3 is 0 Å². The minimum Gasteiger partial charge on any atom is -0.455 e. The van der Waals surface area contributed by atoms with Crippen molar-refractivity contribution in [2.24, 2.45) is 0 Å². The second kappa shape index (κ2) is 3.59. The van der Waals surface area contributed by atoms with Gasteiger partial charge in [0.15, 0.2) is 0 Å². The van der Waals surface area contributed by atoms with Gasteiger partial charge in [0, 0.05) is 20.6 Å². The largest absolute Gasteiger partial charge is 0.455 e. The molecule has 0 bridgehead atoms. The summed E-state index contributed by atoms with van der Waals surface area (Å²) in [4.78, 5) is 0. The molecule has 0 saturated heterocycles. The van der Waals surface area contributed by atoms with Crippen LogP contribution in [0.5, 0.6) is 0 Å². The Morgan fingerprint density at radius 3 is 2.56 bits per heavy atom. The minimum atomic E-state index is 0.927. The van der Waals surface area contributed by atoms with E-state index in [2.05, 4.69) is 46.3 Å². The average molecular weight is 297 g/mol. The molecular formula is C16H9BrO. The second-order valence-electron chi connectivity index (χ2n) is 4.41. The normalized spacial score (nSPS) is 11.6. The van der Waals surface area contributed by atoms with E-state index in [1.165, 1.54) is 21.5 Å². The summed E-state index contributed by atoms with van der Waals surface area (Å²) in [5, 5.41) is 4.72. The van der Waals surface area contributed by atoms with Gasteiger partial charge < -0.3 is 4.42 Å². The Hall–Kier alpha value is -1.80. The lowest BCUT2D eigenvalue weighted by Gasteiger charge is -1.97. The van der Waals surface area contributed by atoms with Crippen molar-refractivity contribution in [3.63, 3.8) is 0 Å². The first kappa shape index (κ1) is 10.2. The Labute approximate surface area is 112 Å². The predicted molar refractivity (Wildman–Crippen MR) is 78.9 cm³/mol. The highest BCUT2D eigenvalue weighted by atomic mass is 79.9. The minimum absolute atomic E-state index is 0.927. The topological polar surface area (TPSA) is 13.1 Å². The zero-order valence-corrected chi connectivity index (χ0v) is 11.1. The lowest BCUT2D eigenvalue weighted by molar-refractivity contribution is 0.672. The van der Waals surface area contributed by atoms with Gasteiger partial charge in [-0.25, -0.2) is 0 Å². The van der Waals surface area contributed by atoms with E-state index in [9.17, 15) is 0 Å². The molecule has 0 radical (unpaired) electrons. The molecule has 86 valence electrons. The van der Waals surface area contributed by atoms with Crippen LogP contribution in [-0.2, 0) is 0 Å². The van der Waals surface area contributed by atoms with Crippen LogP contribution in [-0.4, -0.2) is 0 Å². The fraction of sp³-hybridized carbons (Fsp3) is 0. The van der Waals surface area contributed by atoms with Crippen molar-refractivity contribution in [3.8, 4) is 0 Å². The zero-order chi connectivity index (χ0) is 12.1. The number of fused-ring (bicyclic) bond motifs is 5. The van der Waals surface area contributed by atoms with E-state index in [0.29, 0.717) is 0 Å². The van der Waals surface area contributed by atoms with Crippen molar-refractivity contribution >= 4 is 48.6 Å². The molecule has 0 fully saturated rings. The van der Waals surface area contributed by atoms with Gasteiger partial charge in [0.05, 0.1) is 0 Å². The van der Waals surface area contributed by atoms with Gasteiger partial charge in [-0.1, -0.05) is 46.3 Å². The van der Waals surface area contributed by atoms with Crippen molar-refractivity contribution in [2.75, 3.05) is 0 Å². The molecule has 2 heteroatoms. The summed E-state index contributed by atoms with van der Waals surface area (Å²) >= 11 is 3.48. The summed E-state index contributed by atoms with van der Waals surface area (Å²) in [5.74, 6) is 0. The summed E-state index contributed by atoms with van der Waals surface area (Å²) in [6.07, 6.45) is 0. The Bertz CT molecular complexity index is 889. The smallest absolute Gasteiger partial charge is 0.143 e. The first-order chi connectivity index (χ1) is 8.83. The molecular weight excluding hydrogens is 288 g/mol. The molecule has 0 aliphatic carbocycles. The highest BCUT2D eigenvalue weighted by Gasteiger charge is 2.09. The van der Waals surface area contributed by atoms with E-state index in [0.717, 1.165) is 15.6 Å².